The Labute approximate surface area is 114 Å². The van der Waals surface area contributed by atoms with Crippen LogP contribution in [-0.2, 0) is 10.0 Å². The number of sulfonamides is 1. The van der Waals surface area contributed by atoms with E-state index in [9.17, 15) is 8.42 Å². The lowest BCUT2D eigenvalue weighted by atomic mass is 9.94. The SMILES string of the molecule is NCCC1CCCN(c2ccc(S(N)(=O)=O)cc2)C1. The summed E-state index contributed by atoms with van der Waals surface area (Å²) in [6, 6.07) is 6.78. The van der Waals surface area contributed by atoms with Gasteiger partial charge in [-0.25, -0.2) is 13.6 Å². The van der Waals surface area contributed by atoms with Crippen LogP contribution in [0.1, 0.15) is 19.3 Å². The summed E-state index contributed by atoms with van der Waals surface area (Å²) in [5, 5.41) is 5.09. The van der Waals surface area contributed by atoms with Crippen molar-refractivity contribution in [3.63, 3.8) is 0 Å². The standard InChI is InChI=1S/C13H21N3O2S/c14-8-7-11-2-1-9-16(10-11)12-3-5-13(6-4-12)19(15,17)18/h3-6,11H,1-2,7-10,14H2,(H2,15,17,18). The van der Waals surface area contributed by atoms with Crippen LogP contribution in [0.4, 0.5) is 5.69 Å². The van der Waals surface area contributed by atoms with E-state index in [4.69, 9.17) is 10.9 Å². The fourth-order valence-electron chi connectivity index (χ4n) is 2.62. The highest BCUT2D eigenvalue weighted by Crippen LogP contribution is 2.25. The Balaban J connectivity index is 2.09. The third-order valence-corrected chi connectivity index (χ3v) is 4.55. The van der Waals surface area contributed by atoms with Gasteiger partial charge in [0, 0.05) is 18.8 Å². The van der Waals surface area contributed by atoms with Crippen molar-refractivity contribution in [3.05, 3.63) is 24.3 Å². The fraction of sp³-hybridized carbons (Fsp3) is 0.538. The molecule has 0 aliphatic carbocycles. The Morgan fingerprint density at radius 1 is 1.26 bits per heavy atom. The summed E-state index contributed by atoms with van der Waals surface area (Å²) in [6.07, 6.45) is 3.43. The zero-order valence-corrected chi connectivity index (χ0v) is 11.8. The van der Waals surface area contributed by atoms with E-state index in [1.165, 1.54) is 6.42 Å². The van der Waals surface area contributed by atoms with Crippen LogP contribution in [0.15, 0.2) is 29.2 Å². The number of benzene rings is 1. The number of nitrogens with two attached hydrogens (primary N) is 2. The van der Waals surface area contributed by atoms with Crippen molar-refractivity contribution in [1.82, 2.24) is 0 Å². The zero-order chi connectivity index (χ0) is 13.9. The molecule has 6 heteroatoms. The number of rotatable bonds is 4. The number of hydrogen-bond donors (Lipinski definition) is 2. The van der Waals surface area contributed by atoms with Crippen LogP contribution in [0.3, 0.4) is 0 Å². The molecule has 1 heterocycles. The van der Waals surface area contributed by atoms with Crippen LogP contribution in [-0.4, -0.2) is 28.1 Å². The molecule has 0 saturated carbocycles. The molecule has 0 amide bonds. The Morgan fingerprint density at radius 2 is 1.95 bits per heavy atom. The maximum Gasteiger partial charge on any atom is 0.238 e. The van der Waals surface area contributed by atoms with E-state index in [2.05, 4.69) is 4.90 Å². The molecule has 1 aliphatic rings. The minimum absolute atomic E-state index is 0.159. The number of nitrogens with zero attached hydrogens (tertiary/aromatic N) is 1. The highest BCUT2D eigenvalue weighted by atomic mass is 32.2. The first-order chi connectivity index (χ1) is 9.00. The maximum absolute atomic E-state index is 11.2. The van der Waals surface area contributed by atoms with Crippen LogP contribution in [0, 0.1) is 5.92 Å². The lowest BCUT2D eigenvalue weighted by molar-refractivity contribution is 0.396. The molecule has 0 bridgehead atoms. The predicted octanol–water partition coefficient (Wildman–Crippen LogP) is 0.899. The number of hydrogen-bond acceptors (Lipinski definition) is 4. The summed E-state index contributed by atoms with van der Waals surface area (Å²) >= 11 is 0. The fourth-order valence-corrected chi connectivity index (χ4v) is 3.13. The van der Waals surface area contributed by atoms with Gasteiger partial charge >= 0.3 is 0 Å². The average Bonchev–Trinajstić information content (AvgIpc) is 2.39. The summed E-state index contributed by atoms with van der Waals surface area (Å²) in [5.41, 5.74) is 6.66. The quantitative estimate of drug-likeness (QED) is 0.859. The molecule has 0 aromatic heterocycles. The smallest absolute Gasteiger partial charge is 0.238 e. The first-order valence-corrected chi connectivity index (χ1v) is 8.13. The lowest BCUT2D eigenvalue weighted by Gasteiger charge is -2.34. The molecular weight excluding hydrogens is 262 g/mol. The molecular formula is C13H21N3O2S. The van der Waals surface area contributed by atoms with Crippen LogP contribution < -0.4 is 15.8 Å². The Hall–Kier alpha value is -1.11. The second kappa shape index (κ2) is 5.90. The Bertz CT molecular complexity index is 511. The molecule has 4 N–H and O–H groups in total. The van der Waals surface area contributed by atoms with E-state index >= 15 is 0 Å². The topological polar surface area (TPSA) is 89.4 Å². The molecule has 1 aromatic carbocycles. The van der Waals surface area contributed by atoms with Crippen molar-refractivity contribution < 1.29 is 8.42 Å². The molecule has 5 nitrogen and oxygen atoms in total. The summed E-state index contributed by atoms with van der Waals surface area (Å²) < 4.78 is 22.4. The normalized spacial score (nSPS) is 20.5. The Kier molecular flexibility index (Phi) is 4.44. The molecule has 2 rings (SSSR count). The van der Waals surface area contributed by atoms with Gasteiger partial charge in [-0.3, -0.25) is 0 Å². The molecule has 0 spiro atoms. The molecule has 106 valence electrons. The van der Waals surface area contributed by atoms with Gasteiger partial charge in [-0.15, -0.1) is 0 Å². The van der Waals surface area contributed by atoms with Crippen LogP contribution in [0.25, 0.3) is 0 Å². The summed E-state index contributed by atoms with van der Waals surface area (Å²) in [6.45, 7) is 2.73. The Morgan fingerprint density at radius 3 is 2.53 bits per heavy atom. The third kappa shape index (κ3) is 3.68. The highest BCUT2D eigenvalue weighted by Gasteiger charge is 2.19. The maximum atomic E-state index is 11.2. The van der Waals surface area contributed by atoms with E-state index in [1.54, 1.807) is 12.1 Å². The van der Waals surface area contributed by atoms with E-state index in [0.29, 0.717) is 5.92 Å². The van der Waals surface area contributed by atoms with Gasteiger partial charge in [0.1, 0.15) is 0 Å². The van der Waals surface area contributed by atoms with Gasteiger partial charge in [0.2, 0.25) is 10.0 Å². The van der Waals surface area contributed by atoms with Crippen LogP contribution in [0.5, 0.6) is 0 Å². The van der Waals surface area contributed by atoms with E-state index < -0.39 is 10.0 Å². The second-order valence-corrected chi connectivity index (χ2v) is 6.63. The first-order valence-electron chi connectivity index (χ1n) is 6.58. The van der Waals surface area contributed by atoms with Gasteiger partial charge in [-0.2, -0.15) is 0 Å². The van der Waals surface area contributed by atoms with Gasteiger partial charge in [-0.1, -0.05) is 0 Å². The van der Waals surface area contributed by atoms with Crippen molar-refractivity contribution >= 4 is 15.7 Å². The van der Waals surface area contributed by atoms with Crippen molar-refractivity contribution in [1.29, 1.82) is 0 Å². The number of anilines is 1. The van der Waals surface area contributed by atoms with Crippen molar-refractivity contribution in [2.45, 2.75) is 24.2 Å². The molecule has 1 unspecified atom stereocenters. The summed E-state index contributed by atoms with van der Waals surface area (Å²) in [7, 11) is -3.60. The van der Waals surface area contributed by atoms with Crippen LogP contribution >= 0.6 is 0 Å². The largest absolute Gasteiger partial charge is 0.371 e. The molecule has 1 saturated heterocycles. The van der Waals surface area contributed by atoms with Crippen molar-refractivity contribution in [2.75, 3.05) is 24.5 Å². The van der Waals surface area contributed by atoms with E-state index in [1.807, 2.05) is 12.1 Å². The van der Waals surface area contributed by atoms with Gasteiger partial charge in [0.05, 0.1) is 4.90 Å². The molecule has 1 atom stereocenters. The minimum Gasteiger partial charge on any atom is -0.371 e. The lowest BCUT2D eigenvalue weighted by Crippen LogP contribution is -2.36. The summed E-state index contributed by atoms with van der Waals surface area (Å²) in [4.78, 5) is 2.45. The molecule has 0 radical (unpaired) electrons. The van der Waals surface area contributed by atoms with Crippen LogP contribution in [0.2, 0.25) is 0 Å². The summed E-state index contributed by atoms with van der Waals surface area (Å²) in [5.74, 6) is 0.636. The van der Waals surface area contributed by atoms with Gasteiger partial charge < -0.3 is 10.6 Å². The molecule has 1 aromatic rings. The van der Waals surface area contributed by atoms with E-state index in [0.717, 1.165) is 38.2 Å². The molecule has 1 aliphatic heterocycles. The minimum atomic E-state index is -3.60. The monoisotopic (exact) mass is 283 g/mol. The predicted molar refractivity (Wildman–Crippen MR) is 76.4 cm³/mol. The third-order valence-electron chi connectivity index (χ3n) is 3.62. The van der Waals surface area contributed by atoms with E-state index in [-0.39, 0.29) is 4.90 Å². The van der Waals surface area contributed by atoms with Gasteiger partial charge in [0.25, 0.3) is 0 Å². The average molecular weight is 283 g/mol. The number of piperidine rings is 1. The highest BCUT2D eigenvalue weighted by molar-refractivity contribution is 7.89. The second-order valence-electron chi connectivity index (χ2n) is 5.07. The number of primary sulfonamides is 1. The molecule has 19 heavy (non-hydrogen) atoms. The van der Waals surface area contributed by atoms with Gasteiger partial charge in [0.15, 0.2) is 0 Å². The zero-order valence-electron chi connectivity index (χ0n) is 11.0. The van der Waals surface area contributed by atoms with Crippen molar-refractivity contribution in [3.8, 4) is 0 Å². The van der Waals surface area contributed by atoms with Gasteiger partial charge in [-0.05, 0) is 56.0 Å². The first kappa shape index (κ1) is 14.3. The molecule has 1 fully saturated rings. The van der Waals surface area contributed by atoms with Crippen molar-refractivity contribution in [2.24, 2.45) is 16.8 Å².